The Morgan fingerprint density at radius 3 is 2.69 bits per heavy atom. The van der Waals surface area contributed by atoms with Crippen molar-refractivity contribution in [2.45, 2.75) is 43.1 Å². The van der Waals surface area contributed by atoms with E-state index in [0.717, 1.165) is 25.7 Å². The van der Waals surface area contributed by atoms with E-state index in [9.17, 15) is 9.90 Å². The fourth-order valence-electron chi connectivity index (χ4n) is 1.79. The largest absolute Gasteiger partial charge is 0.455 e. The molecule has 1 N–H and O–H groups in total. The van der Waals surface area contributed by atoms with Crippen LogP contribution in [-0.4, -0.2) is 28.5 Å². The summed E-state index contributed by atoms with van der Waals surface area (Å²) in [5, 5.41) is 6.99. The molecule has 2 fully saturated rings. The minimum Gasteiger partial charge on any atom is -0.455 e. The lowest BCUT2D eigenvalue weighted by Gasteiger charge is -2.39. The van der Waals surface area contributed by atoms with Crippen molar-refractivity contribution in [1.29, 1.82) is 0 Å². The maximum Gasteiger partial charge on any atom is 0.384 e. The van der Waals surface area contributed by atoms with E-state index in [-0.39, 0.29) is 12.2 Å². The second kappa shape index (κ2) is 3.12. The van der Waals surface area contributed by atoms with Gasteiger partial charge in [0.15, 0.2) is 0 Å². The maximum absolute atomic E-state index is 11.0. The molecule has 0 aromatic heterocycles. The topological polar surface area (TPSA) is 55.8 Å². The number of ether oxygens (including phenoxy) is 2. The molecule has 0 bridgehead atoms. The minimum absolute atomic E-state index is 0.222. The molecule has 0 amide bonds. The van der Waals surface area contributed by atoms with Gasteiger partial charge in [-0.2, -0.15) is 0 Å². The number of fused-ring (bicyclic) bond motifs is 1. The molecule has 0 spiro atoms. The molecule has 2 rings (SSSR count). The van der Waals surface area contributed by atoms with Gasteiger partial charge in [0.05, 0.1) is 6.10 Å². The Labute approximate surface area is 80.8 Å². The summed E-state index contributed by atoms with van der Waals surface area (Å²) in [4.78, 5) is 11.0. The summed E-state index contributed by atoms with van der Waals surface area (Å²) < 4.78 is 10.00. The fraction of sp³-hybridized carbons (Fsp3) is 0.875. The Morgan fingerprint density at radius 1 is 1.38 bits per heavy atom. The van der Waals surface area contributed by atoms with Gasteiger partial charge in [0.2, 0.25) is 0 Å². The first-order valence-electron chi connectivity index (χ1n) is 4.40. The number of rotatable bonds is 0. The van der Waals surface area contributed by atoms with E-state index in [2.05, 4.69) is 0 Å². The molecule has 1 saturated carbocycles. The van der Waals surface area contributed by atoms with Crippen LogP contribution in [0.4, 0.5) is 0 Å². The van der Waals surface area contributed by atoms with Crippen molar-refractivity contribution in [2.75, 3.05) is 0 Å². The molecule has 0 unspecified atom stereocenters. The zero-order valence-corrected chi connectivity index (χ0v) is 7.79. The molecule has 1 heterocycles. The first-order chi connectivity index (χ1) is 6.09. The molecular weight excluding hydrogens is 196 g/mol. The van der Waals surface area contributed by atoms with Gasteiger partial charge in [-0.25, -0.2) is 4.79 Å². The van der Waals surface area contributed by atoms with Crippen LogP contribution in [0, 0.1) is 0 Å². The van der Waals surface area contributed by atoms with Crippen LogP contribution in [0.1, 0.15) is 25.7 Å². The summed E-state index contributed by atoms with van der Waals surface area (Å²) in [6, 6.07) is 0. The number of hydrogen-bond acceptors (Lipinski definition) is 4. The van der Waals surface area contributed by atoms with Gasteiger partial charge < -0.3 is 14.6 Å². The Kier molecular flexibility index (Phi) is 2.21. The molecular formula is C8H11ClO4. The van der Waals surface area contributed by atoms with E-state index < -0.39 is 11.2 Å². The smallest absolute Gasteiger partial charge is 0.384 e. The van der Waals surface area contributed by atoms with Gasteiger partial charge in [-0.15, -0.1) is 0 Å². The van der Waals surface area contributed by atoms with Crippen LogP contribution in [0.5, 0.6) is 0 Å². The van der Waals surface area contributed by atoms with E-state index in [1.807, 2.05) is 0 Å². The van der Waals surface area contributed by atoms with Gasteiger partial charge in [0, 0.05) is 0 Å². The molecule has 2 aliphatic rings. The lowest BCUT2D eigenvalue weighted by molar-refractivity contribution is -0.261. The molecule has 5 heteroatoms. The molecule has 13 heavy (non-hydrogen) atoms. The van der Waals surface area contributed by atoms with Crippen molar-refractivity contribution in [1.82, 2.24) is 0 Å². The quantitative estimate of drug-likeness (QED) is 0.470. The SMILES string of the molecule is O=C1O[C@@H]2CCCC[C@H]2O[C@@]1(O)Cl. The van der Waals surface area contributed by atoms with Crippen LogP contribution in [0.3, 0.4) is 0 Å². The van der Waals surface area contributed by atoms with Gasteiger partial charge in [-0.05, 0) is 30.9 Å². The Hall–Kier alpha value is -0.320. The lowest BCUT2D eigenvalue weighted by Crippen LogP contribution is -2.53. The first-order valence-corrected chi connectivity index (χ1v) is 4.77. The van der Waals surface area contributed by atoms with Gasteiger partial charge in [0.1, 0.15) is 6.10 Å². The van der Waals surface area contributed by atoms with Crippen LogP contribution in [0.2, 0.25) is 0 Å². The third kappa shape index (κ3) is 1.66. The molecule has 0 radical (unpaired) electrons. The van der Waals surface area contributed by atoms with E-state index in [4.69, 9.17) is 21.1 Å². The number of carbonyl (C=O) groups excluding carboxylic acids is 1. The fourth-order valence-corrected chi connectivity index (χ4v) is 1.95. The number of aliphatic hydroxyl groups is 1. The van der Waals surface area contributed by atoms with Crippen LogP contribution in [-0.2, 0) is 14.3 Å². The van der Waals surface area contributed by atoms with Gasteiger partial charge in [-0.3, -0.25) is 0 Å². The van der Waals surface area contributed by atoms with E-state index in [1.54, 1.807) is 0 Å². The summed E-state index contributed by atoms with van der Waals surface area (Å²) in [5.41, 5.74) is 0. The molecule has 1 saturated heterocycles. The average molecular weight is 207 g/mol. The van der Waals surface area contributed by atoms with Crippen LogP contribution >= 0.6 is 11.6 Å². The molecule has 0 aromatic carbocycles. The minimum atomic E-state index is -2.27. The van der Waals surface area contributed by atoms with Gasteiger partial charge in [0.25, 0.3) is 0 Å². The van der Waals surface area contributed by atoms with Crippen molar-refractivity contribution in [2.24, 2.45) is 0 Å². The highest BCUT2D eigenvalue weighted by molar-refractivity contribution is 6.31. The number of hydrogen-bond donors (Lipinski definition) is 1. The number of esters is 1. The number of alkyl halides is 1. The Morgan fingerprint density at radius 2 is 2.00 bits per heavy atom. The molecule has 3 atom stereocenters. The standard InChI is InChI=1S/C8H11ClO4/c9-8(11)7(10)12-5-3-1-2-4-6(5)13-8/h5-6,11H,1-4H2/t5-,6-,8-/m1/s1. The highest BCUT2D eigenvalue weighted by atomic mass is 35.5. The highest BCUT2D eigenvalue weighted by Gasteiger charge is 2.48. The summed E-state index contributed by atoms with van der Waals surface area (Å²) in [5.74, 6) is -0.891. The monoisotopic (exact) mass is 206 g/mol. The van der Waals surface area contributed by atoms with Crippen molar-refractivity contribution in [3.05, 3.63) is 0 Å². The number of halogens is 1. The molecule has 74 valence electrons. The highest BCUT2D eigenvalue weighted by Crippen LogP contribution is 2.33. The summed E-state index contributed by atoms with van der Waals surface area (Å²) in [7, 11) is 0. The van der Waals surface area contributed by atoms with Gasteiger partial charge >= 0.3 is 11.2 Å². The molecule has 1 aliphatic carbocycles. The third-order valence-electron chi connectivity index (χ3n) is 2.46. The van der Waals surface area contributed by atoms with Crippen LogP contribution in [0.15, 0.2) is 0 Å². The average Bonchev–Trinajstić information content (AvgIpc) is 2.06. The van der Waals surface area contributed by atoms with Crippen molar-refractivity contribution in [3.8, 4) is 0 Å². The molecule has 0 aromatic rings. The summed E-state index contributed by atoms with van der Waals surface area (Å²) >= 11 is 5.40. The Balaban J connectivity index is 2.10. The van der Waals surface area contributed by atoms with Crippen LogP contribution in [0.25, 0.3) is 0 Å². The predicted molar refractivity (Wildman–Crippen MR) is 44.0 cm³/mol. The molecule has 1 aliphatic heterocycles. The van der Waals surface area contributed by atoms with Crippen molar-refractivity contribution in [3.63, 3.8) is 0 Å². The third-order valence-corrected chi connectivity index (χ3v) is 2.70. The Bertz CT molecular complexity index is 228. The van der Waals surface area contributed by atoms with Crippen molar-refractivity contribution >= 4 is 17.6 Å². The maximum atomic E-state index is 11.0. The molecule has 4 nitrogen and oxygen atoms in total. The normalized spacial score (nSPS) is 45.2. The lowest BCUT2D eigenvalue weighted by atomic mass is 9.94. The summed E-state index contributed by atoms with van der Waals surface area (Å²) in [6.07, 6.45) is 3.16. The second-order valence-corrected chi connectivity index (χ2v) is 3.96. The second-order valence-electron chi connectivity index (χ2n) is 3.45. The zero-order chi connectivity index (χ0) is 9.47. The number of carbonyl (C=O) groups is 1. The van der Waals surface area contributed by atoms with Crippen LogP contribution < -0.4 is 0 Å². The first kappa shape index (κ1) is 9.24. The van der Waals surface area contributed by atoms with Crippen molar-refractivity contribution < 1.29 is 19.4 Å². The van der Waals surface area contributed by atoms with E-state index in [0.29, 0.717) is 0 Å². The predicted octanol–water partition coefficient (Wildman–Crippen LogP) is 0.756. The summed E-state index contributed by atoms with van der Waals surface area (Å²) in [6.45, 7) is 0. The van der Waals surface area contributed by atoms with E-state index in [1.165, 1.54) is 0 Å². The zero-order valence-electron chi connectivity index (χ0n) is 7.03. The van der Waals surface area contributed by atoms with Gasteiger partial charge in [-0.1, -0.05) is 6.42 Å². The van der Waals surface area contributed by atoms with E-state index >= 15 is 0 Å².